The van der Waals surface area contributed by atoms with E-state index in [0.717, 1.165) is 23.6 Å². The number of amides is 1. The Bertz CT molecular complexity index is 972. The Morgan fingerprint density at radius 2 is 1.93 bits per heavy atom. The van der Waals surface area contributed by atoms with Gasteiger partial charge in [-0.1, -0.05) is 54.9 Å². The molecule has 1 aliphatic rings. The van der Waals surface area contributed by atoms with E-state index in [-0.39, 0.29) is 17.8 Å². The number of para-hydroxylation sites is 1. The van der Waals surface area contributed by atoms with Gasteiger partial charge in [0.25, 0.3) is 5.91 Å². The molecule has 0 saturated carbocycles. The van der Waals surface area contributed by atoms with Crippen molar-refractivity contribution in [3.63, 3.8) is 0 Å². The van der Waals surface area contributed by atoms with Crippen LogP contribution >= 0.6 is 11.6 Å². The van der Waals surface area contributed by atoms with Crippen LogP contribution in [0.5, 0.6) is 0 Å². The van der Waals surface area contributed by atoms with Gasteiger partial charge < -0.3 is 10.2 Å². The van der Waals surface area contributed by atoms with Crippen molar-refractivity contribution in [3.8, 4) is 5.69 Å². The van der Waals surface area contributed by atoms with Crippen LogP contribution in [0.1, 0.15) is 35.0 Å². The lowest BCUT2D eigenvalue weighted by atomic mass is 10.0. The maximum atomic E-state index is 13.3. The SMILES string of the molecule is CCc1nc(C(=O)N2CCNCC2c2ccccc2Cl)nn1-c1ccccc1. The number of halogens is 1. The molecule has 7 heteroatoms. The summed E-state index contributed by atoms with van der Waals surface area (Å²) in [5, 5.41) is 8.55. The number of aryl methyl sites for hydroxylation is 1. The topological polar surface area (TPSA) is 63.1 Å². The lowest BCUT2D eigenvalue weighted by Gasteiger charge is -2.36. The lowest BCUT2D eigenvalue weighted by molar-refractivity contribution is 0.0622. The number of nitrogens with one attached hydrogen (secondary N) is 1. The van der Waals surface area contributed by atoms with E-state index in [1.807, 2.05) is 66.4 Å². The molecule has 1 amide bonds. The van der Waals surface area contributed by atoms with Gasteiger partial charge in [0.15, 0.2) is 0 Å². The van der Waals surface area contributed by atoms with Crippen LogP contribution in [0.4, 0.5) is 0 Å². The fraction of sp³-hybridized carbons (Fsp3) is 0.286. The number of benzene rings is 2. The van der Waals surface area contributed by atoms with Crippen molar-refractivity contribution in [1.82, 2.24) is 25.0 Å². The summed E-state index contributed by atoms with van der Waals surface area (Å²) >= 11 is 6.40. The Morgan fingerprint density at radius 1 is 1.18 bits per heavy atom. The average Bonchev–Trinajstić information content (AvgIpc) is 3.19. The fourth-order valence-electron chi connectivity index (χ4n) is 3.54. The van der Waals surface area contributed by atoms with Crippen LogP contribution in [-0.2, 0) is 6.42 Å². The maximum Gasteiger partial charge on any atom is 0.294 e. The molecule has 2 heterocycles. The van der Waals surface area contributed by atoms with E-state index in [1.165, 1.54) is 0 Å². The van der Waals surface area contributed by atoms with E-state index < -0.39 is 0 Å². The molecular weight excluding hydrogens is 374 g/mol. The normalized spacial score (nSPS) is 16.9. The zero-order valence-corrected chi connectivity index (χ0v) is 16.4. The van der Waals surface area contributed by atoms with Gasteiger partial charge in [-0.2, -0.15) is 0 Å². The first-order valence-electron chi connectivity index (χ1n) is 9.46. The first-order chi connectivity index (χ1) is 13.7. The second-order valence-electron chi connectivity index (χ2n) is 6.69. The van der Waals surface area contributed by atoms with Crippen molar-refractivity contribution in [2.75, 3.05) is 19.6 Å². The predicted octanol–water partition coefficient (Wildman–Crippen LogP) is 3.27. The van der Waals surface area contributed by atoms with Crippen molar-refractivity contribution >= 4 is 17.5 Å². The van der Waals surface area contributed by atoms with Crippen LogP contribution in [0, 0.1) is 0 Å². The summed E-state index contributed by atoms with van der Waals surface area (Å²) in [4.78, 5) is 19.7. The average molecular weight is 396 g/mol. The van der Waals surface area contributed by atoms with Gasteiger partial charge in [-0.15, -0.1) is 5.10 Å². The highest BCUT2D eigenvalue weighted by Crippen LogP contribution is 2.29. The Hall–Kier alpha value is -2.70. The van der Waals surface area contributed by atoms with E-state index >= 15 is 0 Å². The molecule has 0 aliphatic carbocycles. The highest BCUT2D eigenvalue weighted by molar-refractivity contribution is 6.31. The first-order valence-corrected chi connectivity index (χ1v) is 9.84. The van der Waals surface area contributed by atoms with Crippen LogP contribution in [0.15, 0.2) is 54.6 Å². The van der Waals surface area contributed by atoms with Crippen molar-refractivity contribution < 1.29 is 4.79 Å². The lowest BCUT2D eigenvalue weighted by Crippen LogP contribution is -2.49. The number of aromatic nitrogens is 3. The summed E-state index contributed by atoms with van der Waals surface area (Å²) < 4.78 is 1.75. The smallest absolute Gasteiger partial charge is 0.294 e. The number of hydrogen-bond donors (Lipinski definition) is 1. The van der Waals surface area contributed by atoms with Crippen LogP contribution in [0.25, 0.3) is 5.69 Å². The number of hydrogen-bond acceptors (Lipinski definition) is 4. The van der Waals surface area contributed by atoms with E-state index in [0.29, 0.717) is 24.5 Å². The standard InChI is InChI=1S/C21H22ClN5O/c1-2-19-24-20(25-27(19)15-8-4-3-5-9-15)21(28)26-13-12-23-14-18(26)16-10-6-7-11-17(16)22/h3-11,18,23H,2,12-14H2,1H3. The third-order valence-corrected chi connectivity index (χ3v) is 5.30. The Kier molecular flexibility index (Phi) is 5.41. The van der Waals surface area contributed by atoms with E-state index in [4.69, 9.17) is 11.6 Å². The third kappa shape index (κ3) is 3.53. The van der Waals surface area contributed by atoms with Crippen molar-refractivity contribution in [2.24, 2.45) is 0 Å². The Morgan fingerprint density at radius 3 is 2.68 bits per heavy atom. The number of rotatable bonds is 4. The summed E-state index contributed by atoms with van der Waals surface area (Å²) in [5.41, 5.74) is 1.83. The Balaban J connectivity index is 1.68. The van der Waals surface area contributed by atoms with Gasteiger partial charge in [-0.3, -0.25) is 4.79 Å². The molecule has 0 bridgehead atoms. The van der Waals surface area contributed by atoms with Crippen molar-refractivity contribution in [3.05, 3.63) is 76.8 Å². The Labute approximate surface area is 169 Å². The molecule has 1 fully saturated rings. The fourth-order valence-corrected chi connectivity index (χ4v) is 3.80. The second-order valence-corrected chi connectivity index (χ2v) is 7.10. The second kappa shape index (κ2) is 8.12. The van der Waals surface area contributed by atoms with Crippen LogP contribution in [0.2, 0.25) is 5.02 Å². The van der Waals surface area contributed by atoms with Gasteiger partial charge in [0.1, 0.15) is 5.82 Å². The molecule has 3 aromatic rings. The molecule has 1 unspecified atom stereocenters. The van der Waals surface area contributed by atoms with Gasteiger partial charge in [0.05, 0.1) is 11.7 Å². The molecule has 2 aromatic carbocycles. The molecule has 1 aromatic heterocycles. The van der Waals surface area contributed by atoms with E-state index in [1.54, 1.807) is 4.68 Å². The summed E-state index contributed by atoms with van der Waals surface area (Å²) in [5.74, 6) is 0.814. The van der Waals surface area contributed by atoms with Gasteiger partial charge in [0.2, 0.25) is 5.82 Å². The monoisotopic (exact) mass is 395 g/mol. The van der Waals surface area contributed by atoms with Crippen molar-refractivity contribution in [1.29, 1.82) is 0 Å². The number of nitrogens with zero attached hydrogens (tertiary/aromatic N) is 4. The predicted molar refractivity (Wildman–Crippen MR) is 109 cm³/mol. The molecule has 28 heavy (non-hydrogen) atoms. The summed E-state index contributed by atoms with van der Waals surface area (Å²) in [7, 11) is 0. The van der Waals surface area contributed by atoms with Gasteiger partial charge in [0, 0.05) is 31.1 Å². The molecule has 1 N–H and O–H groups in total. The summed E-state index contributed by atoms with van der Waals surface area (Å²) in [6.45, 7) is 3.97. The van der Waals surface area contributed by atoms with E-state index in [9.17, 15) is 4.79 Å². The summed E-state index contributed by atoms with van der Waals surface area (Å²) in [6.07, 6.45) is 0.685. The van der Waals surface area contributed by atoms with Crippen LogP contribution < -0.4 is 5.32 Å². The number of piperazine rings is 1. The molecule has 144 valence electrons. The minimum Gasteiger partial charge on any atom is -0.326 e. The molecular formula is C21H22ClN5O. The maximum absolute atomic E-state index is 13.3. The molecule has 1 aliphatic heterocycles. The molecule has 4 rings (SSSR count). The third-order valence-electron chi connectivity index (χ3n) is 4.95. The van der Waals surface area contributed by atoms with E-state index in [2.05, 4.69) is 15.4 Å². The molecule has 0 spiro atoms. The van der Waals surface area contributed by atoms with Gasteiger partial charge >= 0.3 is 0 Å². The number of carbonyl (C=O) groups excluding carboxylic acids is 1. The molecule has 6 nitrogen and oxygen atoms in total. The molecule has 0 radical (unpaired) electrons. The first kappa shape index (κ1) is 18.7. The van der Waals surface area contributed by atoms with Crippen molar-refractivity contribution in [2.45, 2.75) is 19.4 Å². The van der Waals surface area contributed by atoms with Crippen LogP contribution in [-0.4, -0.2) is 45.2 Å². The van der Waals surface area contributed by atoms with Crippen LogP contribution in [0.3, 0.4) is 0 Å². The molecule has 1 atom stereocenters. The minimum absolute atomic E-state index is 0.149. The largest absolute Gasteiger partial charge is 0.326 e. The molecule has 1 saturated heterocycles. The zero-order valence-electron chi connectivity index (χ0n) is 15.7. The van der Waals surface area contributed by atoms with Gasteiger partial charge in [-0.25, -0.2) is 9.67 Å². The summed E-state index contributed by atoms with van der Waals surface area (Å²) in [6, 6.07) is 17.3. The highest BCUT2D eigenvalue weighted by atomic mass is 35.5. The zero-order chi connectivity index (χ0) is 19.5. The number of carbonyl (C=O) groups is 1. The minimum atomic E-state index is -0.171. The van der Waals surface area contributed by atoms with Gasteiger partial charge in [-0.05, 0) is 23.8 Å². The quantitative estimate of drug-likeness (QED) is 0.736. The highest BCUT2D eigenvalue weighted by Gasteiger charge is 2.32.